The molecule has 102 valence electrons. The fourth-order valence-corrected chi connectivity index (χ4v) is 1.72. The normalized spacial score (nSPS) is 10.0. The summed E-state index contributed by atoms with van der Waals surface area (Å²) in [7, 11) is 0. The van der Waals surface area contributed by atoms with Crippen molar-refractivity contribution < 1.29 is 9.53 Å². The van der Waals surface area contributed by atoms with Crippen LogP contribution in [0.3, 0.4) is 0 Å². The fraction of sp³-hybridized carbons (Fsp3) is 0.467. The minimum absolute atomic E-state index is 0.0504. The predicted octanol–water partition coefficient (Wildman–Crippen LogP) is 2.59. The summed E-state index contributed by atoms with van der Waals surface area (Å²) in [5.41, 5.74) is 3.13. The molecule has 0 fully saturated rings. The molecular weight excluding hydrogens is 240 g/mol. The number of amides is 1. The van der Waals surface area contributed by atoms with Gasteiger partial charge in [-0.25, -0.2) is 0 Å². The van der Waals surface area contributed by atoms with Gasteiger partial charge in [-0.15, -0.1) is 0 Å². The van der Waals surface area contributed by atoms with Crippen LogP contribution in [-0.4, -0.2) is 25.7 Å². The van der Waals surface area contributed by atoms with Crippen LogP contribution in [0.2, 0.25) is 0 Å². The Hall–Kier alpha value is -1.86. The molecule has 0 atom stereocenters. The number of rotatable bonds is 6. The van der Waals surface area contributed by atoms with E-state index in [2.05, 4.69) is 6.07 Å². The molecule has 1 aromatic carbocycles. The number of hydrogen-bond acceptors (Lipinski definition) is 3. The van der Waals surface area contributed by atoms with Crippen LogP contribution < -0.4 is 4.90 Å². The van der Waals surface area contributed by atoms with E-state index in [-0.39, 0.29) is 12.5 Å². The van der Waals surface area contributed by atoms with E-state index in [1.54, 1.807) is 4.90 Å². The van der Waals surface area contributed by atoms with Gasteiger partial charge in [0.25, 0.3) is 5.91 Å². The minimum Gasteiger partial charge on any atom is -0.372 e. The van der Waals surface area contributed by atoms with Gasteiger partial charge in [-0.3, -0.25) is 4.79 Å². The number of aryl methyl sites for hydroxylation is 2. The van der Waals surface area contributed by atoms with Crippen LogP contribution in [0.4, 0.5) is 5.69 Å². The first kappa shape index (κ1) is 15.2. The number of benzene rings is 1. The van der Waals surface area contributed by atoms with Crippen LogP contribution >= 0.6 is 0 Å². The third kappa shape index (κ3) is 4.38. The van der Waals surface area contributed by atoms with Crippen molar-refractivity contribution in [1.29, 1.82) is 5.26 Å². The Morgan fingerprint density at radius 3 is 2.68 bits per heavy atom. The zero-order valence-electron chi connectivity index (χ0n) is 11.8. The molecule has 0 aliphatic rings. The monoisotopic (exact) mass is 260 g/mol. The SMILES string of the molecule is CCOCC(=O)N(CCC#N)c1ccc(C)c(C)c1. The molecule has 1 amide bonds. The quantitative estimate of drug-likeness (QED) is 0.790. The zero-order valence-corrected chi connectivity index (χ0v) is 11.8. The molecule has 0 aliphatic heterocycles. The van der Waals surface area contributed by atoms with Crippen molar-refractivity contribution in [2.75, 3.05) is 24.7 Å². The van der Waals surface area contributed by atoms with Crippen molar-refractivity contribution >= 4 is 11.6 Å². The summed E-state index contributed by atoms with van der Waals surface area (Å²) in [6, 6.07) is 7.93. The van der Waals surface area contributed by atoms with Gasteiger partial charge >= 0.3 is 0 Å². The van der Waals surface area contributed by atoms with E-state index >= 15 is 0 Å². The van der Waals surface area contributed by atoms with E-state index < -0.39 is 0 Å². The molecular formula is C15H20N2O2. The van der Waals surface area contributed by atoms with E-state index in [1.807, 2.05) is 39.0 Å². The number of hydrogen-bond donors (Lipinski definition) is 0. The highest BCUT2D eigenvalue weighted by molar-refractivity contribution is 5.94. The standard InChI is InChI=1S/C15H20N2O2/c1-4-19-11-15(18)17(9-5-8-16)14-7-6-12(2)13(3)10-14/h6-7,10H,4-5,9,11H2,1-3H3. The summed E-state index contributed by atoms with van der Waals surface area (Å²) in [6.07, 6.45) is 0.310. The topological polar surface area (TPSA) is 53.3 Å². The number of ether oxygens (including phenoxy) is 1. The van der Waals surface area contributed by atoms with Crippen LogP contribution in [0, 0.1) is 25.2 Å². The van der Waals surface area contributed by atoms with Crippen molar-refractivity contribution in [3.63, 3.8) is 0 Å². The highest BCUT2D eigenvalue weighted by Crippen LogP contribution is 2.19. The van der Waals surface area contributed by atoms with Gasteiger partial charge < -0.3 is 9.64 Å². The summed E-state index contributed by atoms with van der Waals surface area (Å²) < 4.78 is 5.16. The second-order valence-corrected chi connectivity index (χ2v) is 4.36. The van der Waals surface area contributed by atoms with Crippen molar-refractivity contribution in [2.24, 2.45) is 0 Å². The number of nitriles is 1. The molecule has 0 radical (unpaired) electrons. The molecule has 0 saturated heterocycles. The largest absolute Gasteiger partial charge is 0.372 e. The molecule has 0 aromatic heterocycles. The average Bonchev–Trinajstić information content (AvgIpc) is 2.40. The lowest BCUT2D eigenvalue weighted by Crippen LogP contribution is -2.35. The van der Waals surface area contributed by atoms with Crippen LogP contribution in [-0.2, 0) is 9.53 Å². The summed E-state index contributed by atoms with van der Waals surface area (Å²) in [5.74, 6) is -0.111. The lowest BCUT2D eigenvalue weighted by molar-refractivity contribution is -0.122. The Morgan fingerprint density at radius 2 is 2.11 bits per heavy atom. The second kappa shape index (κ2) is 7.55. The molecule has 4 nitrogen and oxygen atoms in total. The van der Waals surface area contributed by atoms with Crippen molar-refractivity contribution in [1.82, 2.24) is 0 Å². The molecule has 0 bridgehead atoms. The lowest BCUT2D eigenvalue weighted by atomic mass is 10.1. The molecule has 0 heterocycles. The number of anilines is 1. The van der Waals surface area contributed by atoms with E-state index in [4.69, 9.17) is 10.00 Å². The number of carbonyl (C=O) groups excluding carboxylic acids is 1. The van der Waals surface area contributed by atoms with Crippen molar-refractivity contribution in [2.45, 2.75) is 27.2 Å². The molecule has 19 heavy (non-hydrogen) atoms. The molecule has 0 aliphatic carbocycles. The number of nitrogens with zero attached hydrogens (tertiary/aromatic N) is 2. The maximum absolute atomic E-state index is 12.1. The van der Waals surface area contributed by atoms with Crippen molar-refractivity contribution in [3.8, 4) is 6.07 Å². The zero-order chi connectivity index (χ0) is 14.3. The Kier molecular flexibility index (Phi) is 6.04. The Morgan fingerprint density at radius 1 is 1.37 bits per heavy atom. The van der Waals surface area contributed by atoms with Gasteiger partial charge in [0, 0.05) is 18.8 Å². The van der Waals surface area contributed by atoms with Gasteiger partial charge in [-0.2, -0.15) is 5.26 Å². The highest BCUT2D eigenvalue weighted by atomic mass is 16.5. The van der Waals surface area contributed by atoms with E-state index in [0.29, 0.717) is 19.6 Å². The van der Waals surface area contributed by atoms with Gasteiger partial charge in [0.2, 0.25) is 0 Å². The molecule has 0 saturated carbocycles. The maximum atomic E-state index is 12.1. The van der Waals surface area contributed by atoms with Gasteiger partial charge in [0.1, 0.15) is 6.61 Å². The third-order valence-corrected chi connectivity index (χ3v) is 2.98. The Balaban J connectivity index is 2.92. The average molecular weight is 260 g/mol. The Bertz CT molecular complexity index is 478. The van der Waals surface area contributed by atoms with Crippen LogP contribution in [0.5, 0.6) is 0 Å². The third-order valence-electron chi connectivity index (χ3n) is 2.98. The minimum atomic E-state index is -0.111. The summed E-state index contributed by atoms with van der Waals surface area (Å²) in [6.45, 7) is 6.84. The predicted molar refractivity (Wildman–Crippen MR) is 75.0 cm³/mol. The van der Waals surface area contributed by atoms with Gasteiger partial charge in [-0.05, 0) is 44.0 Å². The number of carbonyl (C=O) groups is 1. The lowest BCUT2D eigenvalue weighted by Gasteiger charge is -2.22. The molecule has 0 unspecified atom stereocenters. The summed E-state index contributed by atoms with van der Waals surface area (Å²) >= 11 is 0. The molecule has 1 rings (SSSR count). The smallest absolute Gasteiger partial charge is 0.253 e. The first-order chi connectivity index (χ1) is 9.10. The first-order valence-electron chi connectivity index (χ1n) is 6.42. The highest BCUT2D eigenvalue weighted by Gasteiger charge is 2.15. The van der Waals surface area contributed by atoms with Crippen LogP contribution in [0.15, 0.2) is 18.2 Å². The van der Waals surface area contributed by atoms with E-state index in [1.165, 1.54) is 5.56 Å². The van der Waals surface area contributed by atoms with Gasteiger partial charge in [0.15, 0.2) is 0 Å². The van der Waals surface area contributed by atoms with Gasteiger partial charge in [0.05, 0.1) is 12.5 Å². The molecule has 1 aromatic rings. The summed E-state index contributed by atoms with van der Waals surface area (Å²) in [5, 5.41) is 8.70. The second-order valence-electron chi connectivity index (χ2n) is 4.36. The Labute approximate surface area is 114 Å². The van der Waals surface area contributed by atoms with E-state index in [9.17, 15) is 4.79 Å². The summed E-state index contributed by atoms with van der Waals surface area (Å²) in [4.78, 5) is 13.7. The van der Waals surface area contributed by atoms with Crippen LogP contribution in [0.25, 0.3) is 0 Å². The first-order valence-corrected chi connectivity index (χ1v) is 6.42. The van der Waals surface area contributed by atoms with Crippen LogP contribution in [0.1, 0.15) is 24.5 Å². The molecule has 0 N–H and O–H groups in total. The molecule has 4 heteroatoms. The van der Waals surface area contributed by atoms with Crippen molar-refractivity contribution in [3.05, 3.63) is 29.3 Å². The maximum Gasteiger partial charge on any atom is 0.253 e. The van der Waals surface area contributed by atoms with Gasteiger partial charge in [-0.1, -0.05) is 6.07 Å². The molecule has 0 spiro atoms. The van der Waals surface area contributed by atoms with E-state index in [0.717, 1.165) is 11.3 Å². The fourth-order valence-electron chi connectivity index (χ4n) is 1.72.